The molecule has 0 heterocycles. The van der Waals surface area contributed by atoms with Gasteiger partial charge in [0, 0.05) is 48.0 Å². The van der Waals surface area contributed by atoms with Crippen LogP contribution < -0.4 is 10.6 Å². The molecule has 1 aromatic carbocycles. The minimum Gasteiger partial charge on any atom is -0.460 e. The zero-order valence-corrected chi connectivity index (χ0v) is 33.4. The molecule has 0 bridgehead atoms. The van der Waals surface area contributed by atoms with Crippen molar-refractivity contribution in [3.63, 3.8) is 0 Å². The van der Waals surface area contributed by atoms with Gasteiger partial charge >= 0.3 is 23.9 Å². The van der Waals surface area contributed by atoms with Crippen molar-refractivity contribution < 1.29 is 42.6 Å². The molecule has 3 amide bonds. The number of esters is 3. The van der Waals surface area contributed by atoms with Crippen molar-refractivity contribution in [3.8, 4) is 0 Å². The van der Waals surface area contributed by atoms with Gasteiger partial charge in [-0.15, -0.1) is 0 Å². The van der Waals surface area contributed by atoms with E-state index in [0.717, 1.165) is 0 Å². The molecule has 1 aromatic rings. The van der Waals surface area contributed by atoms with Gasteiger partial charge in [0.05, 0.1) is 0 Å². The maximum absolute atomic E-state index is 14.7. The fraction of sp³-hybridized carbons (Fsp3) is 0.703. The molecule has 0 saturated carbocycles. The van der Waals surface area contributed by atoms with E-state index in [1.165, 1.54) is 12.1 Å². The van der Waals surface area contributed by atoms with Gasteiger partial charge in [-0.3, -0.25) is 9.59 Å². The Hall–Kier alpha value is -4.10. The normalized spacial score (nSPS) is 12.8. The van der Waals surface area contributed by atoms with E-state index in [1.807, 2.05) is 0 Å². The second-order valence-electron chi connectivity index (χ2n) is 15.7. The van der Waals surface area contributed by atoms with E-state index in [4.69, 9.17) is 31.3 Å². The molecule has 1 rings (SSSR count). The first-order valence-electron chi connectivity index (χ1n) is 18.0. The molecule has 0 radical (unpaired) electrons. The number of nitrogens with one attached hydrogen (secondary N) is 2. The highest BCUT2D eigenvalue weighted by molar-refractivity contribution is 6.30. The van der Waals surface area contributed by atoms with Crippen molar-refractivity contribution in [2.24, 2.45) is 5.11 Å². The molecule has 0 spiro atoms. The summed E-state index contributed by atoms with van der Waals surface area (Å²) in [6.07, 6.45) is 2.67. The van der Waals surface area contributed by atoms with Crippen molar-refractivity contribution in [2.45, 2.75) is 156 Å². The second-order valence-corrected chi connectivity index (χ2v) is 16.2. The van der Waals surface area contributed by atoms with E-state index in [9.17, 15) is 28.4 Å². The number of nitrogens with zero attached hydrogens (tertiary/aromatic N) is 4. The average molecular weight is 769 g/mol. The van der Waals surface area contributed by atoms with Gasteiger partial charge in [-0.05, 0) is 119 Å². The van der Waals surface area contributed by atoms with Crippen molar-refractivity contribution in [1.82, 2.24) is 15.5 Å². The number of ether oxygens (including phenoxy) is 3. The number of rotatable bonds is 20. The van der Waals surface area contributed by atoms with Crippen LogP contribution >= 0.6 is 11.6 Å². The predicted molar refractivity (Wildman–Crippen MR) is 199 cm³/mol. The first-order valence-corrected chi connectivity index (χ1v) is 18.3. The number of benzene rings is 1. The molecule has 16 heteroatoms. The number of hydrogen-bond donors (Lipinski definition) is 2. The summed E-state index contributed by atoms with van der Waals surface area (Å²) in [4.78, 5) is 69.5. The number of hydrogen-bond acceptors (Lipinski definition) is 9. The summed E-state index contributed by atoms with van der Waals surface area (Å²) < 4.78 is 31.1. The Bertz CT molecular complexity index is 1430. The highest BCUT2D eigenvalue weighted by atomic mass is 35.5. The van der Waals surface area contributed by atoms with E-state index >= 15 is 0 Å². The third kappa shape index (κ3) is 21.9. The number of carbonyl (C=O) groups excluding carboxylic acids is 5. The maximum Gasteiger partial charge on any atom is 0.329 e. The van der Waals surface area contributed by atoms with Crippen molar-refractivity contribution in [1.29, 1.82) is 0 Å². The van der Waals surface area contributed by atoms with Crippen LogP contribution in [0.1, 0.15) is 126 Å². The van der Waals surface area contributed by atoms with Crippen LogP contribution in [-0.2, 0) is 39.9 Å². The fourth-order valence-corrected chi connectivity index (χ4v) is 5.05. The van der Waals surface area contributed by atoms with Gasteiger partial charge in [0.25, 0.3) is 0 Å². The maximum atomic E-state index is 14.7. The summed E-state index contributed by atoms with van der Waals surface area (Å²) in [6.45, 7) is 15.8. The number of amides is 3. The summed E-state index contributed by atoms with van der Waals surface area (Å²) >= 11 is 5.92. The van der Waals surface area contributed by atoms with E-state index in [-0.39, 0.29) is 49.7 Å². The lowest BCUT2D eigenvalue weighted by atomic mass is 10.1. The van der Waals surface area contributed by atoms with E-state index < -0.39 is 58.6 Å². The number of halogens is 2. The third-order valence-electron chi connectivity index (χ3n) is 7.16. The molecule has 0 fully saturated rings. The summed E-state index contributed by atoms with van der Waals surface area (Å²) in [5.74, 6) is -2.75. The zero-order valence-electron chi connectivity index (χ0n) is 32.7. The number of carbonyl (C=O) groups is 5. The Labute approximate surface area is 317 Å². The quantitative estimate of drug-likeness (QED) is 0.0337. The first kappa shape index (κ1) is 46.9. The van der Waals surface area contributed by atoms with Crippen LogP contribution in [0.2, 0.25) is 5.02 Å². The van der Waals surface area contributed by atoms with Crippen LogP contribution in [0.15, 0.2) is 23.3 Å². The Kier molecular flexibility index (Phi) is 19.6. The van der Waals surface area contributed by atoms with Gasteiger partial charge in [0.2, 0.25) is 5.91 Å². The Morgan fingerprint density at radius 2 is 1.38 bits per heavy atom. The lowest BCUT2D eigenvalue weighted by Gasteiger charge is -2.27. The van der Waals surface area contributed by atoms with Crippen molar-refractivity contribution in [2.75, 3.05) is 13.1 Å². The Morgan fingerprint density at radius 1 is 0.811 bits per heavy atom. The lowest BCUT2D eigenvalue weighted by molar-refractivity contribution is -0.159. The monoisotopic (exact) mass is 768 g/mol. The van der Waals surface area contributed by atoms with Crippen LogP contribution in [0.3, 0.4) is 0 Å². The summed E-state index contributed by atoms with van der Waals surface area (Å²) in [6, 6.07) is 1.04. The van der Waals surface area contributed by atoms with Gasteiger partial charge < -0.3 is 29.7 Å². The van der Waals surface area contributed by atoms with Crippen LogP contribution in [0.25, 0.3) is 10.4 Å². The molecule has 2 atom stereocenters. The fourth-order valence-electron chi connectivity index (χ4n) is 4.89. The van der Waals surface area contributed by atoms with Crippen LogP contribution in [0, 0.1) is 5.82 Å². The second kappa shape index (κ2) is 22.2. The summed E-state index contributed by atoms with van der Waals surface area (Å²) in [5.41, 5.74) is 6.26. The summed E-state index contributed by atoms with van der Waals surface area (Å²) in [5, 5.41) is 8.88. The number of unbranched alkanes of at least 4 members (excludes halogenated alkanes) is 3. The van der Waals surface area contributed by atoms with E-state index in [1.54, 1.807) is 73.3 Å². The van der Waals surface area contributed by atoms with E-state index in [2.05, 4.69) is 20.7 Å². The Balaban J connectivity index is 3.07. The molecular formula is C37H58ClFN6O8. The summed E-state index contributed by atoms with van der Waals surface area (Å²) in [7, 11) is 0. The lowest BCUT2D eigenvalue weighted by Crippen LogP contribution is -2.53. The van der Waals surface area contributed by atoms with Gasteiger partial charge in [-0.1, -0.05) is 29.2 Å². The number of urea groups is 1. The standard InChI is InChI=1S/C37H58ClFN6O8/c1-35(2,3)51-31(47)20-19-29(33(49)53-37(7,8)9)43-34(50)42-28(32(48)52-36(4,5)6)15-12-14-22-45(24-25-17-18-26(38)23-27(25)39)30(46)16-11-10-13-21-41-44-40/h17-18,23,28-29H,10-16,19-22,24H2,1-9H3,(H2,42,43,50). The van der Waals surface area contributed by atoms with Crippen molar-refractivity contribution >= 4 is 41.4 Å². The molecule has 2 N–H and O–H groups in total. The minimum atomic E-state index is -1.23. The molecule has 14 nitrogen and oxygen atoms in total. The van der Waals surface area contributed by atoms with Crippen LogP contribution in [-0.4, -0.2) is 76.7 Å². The molecule has 0 aromatic heterocycles. The minimum absolute atomic E-state index is 0.00601. The van der Waals surface area contributed by atoms with E-state index in [0.29, 0.717) is 44.2 Å². The molecule has 0 aliphatic heterocycles. The van der Waals surface area contributed by atoms with Gasteiger partial charge in [0.1, 0.15) is 34.7 Å². The van der Waals surface area contributed by atoms with Gasteiger partial charge in [-0.25, -0.2) is 18.8 Å². The van der Waals surface area contributed by atoms with Crippen LogP contribution in [0.5, 0.6) is 0 Å². The van der Waals surface area contributed by atoms with Gasteiger partial charge in [0.15, 0.2) is 0 Å². The molecule has 298 valence electrons. The smallest absolute Gasteiger partial charge is 0.329 e. The first-order chi connectivity index (χ1) is 24.5. The molecule has 2 unspecified atom stereocenters. The Morgan fingerprint density at radius 3 is 1.91 bits per heavy atom. The SMILES string of the molecule is CC(C)(C)OC(=O)CCC(NC(=O)NC(CCCCN(Cc1ccc(Cl)cc1F)C(=O)CCCCCN=[N+]=[N-])C(=O)OC(C)(C)C)C(=O)OC(C)(C)C. The molecule has 0 aliphatic rings. The average Bonchev–Trinajstić information content (AvgIpc) is 3.00. The van der Waals surface area contributed by atoms with Gasteiger partial charge in [-0.2, -0.15) is 0 Å². The largest absolute Gasteiger partial charge is 0.460 e. The van der Waals surface area contributed by atoms with Crippen LogP contribution in [0.4, 0.5) is 9.18 Å². The molecular weight excluding hydrogens is 711 g/mol. The van der Waals surface area contributed by atoms with Crippen molar-refractivity contribution in [3.05, 3.63) is 45.0 Å². The molecule has 53 heavy (non-hydrogen) atoms. The predicted octanol–water partition coefficient (Wildman–Crippen LogP) is 7.69. The highest BCUT2D eigenvalue weighted by Gasteiger charge is 2.31. The molecule has 0 saturated heterocycles. The topological polar surface area (TPSA) is 189 Å². The highest BCUT2D eigenvalue weighted by Crippen LogP contribution is 2.19. The molecule has 0 aliphatic carbocycles. The zero-order chi connectivity index (χ0) is 40.4. The number of azide groups is 1. The third-order valence-corrected chi connectivity index (χ3v) is 7.40.